The lowest BCUT2D eigenvalue weighted by molar-refractivity contribution is 0.580. The molecule has 0 saturated carbocycles. The van der Waals surface area contributed by atoms with Gasteiger partial charge in [-0.25, -0.2) is 0 Å². The van der Waals surface area contributed by atoms with E-state index in [0.717, 1.165) is 22.6 Å². The quantitative estimate of drug-likeness (QED) is 0.640. The third-order valence-electron chi connectivity index (χ3n) is 2.82. The predicted octanol–water partition coefficient (Wildman–Crippen LogP) is 4.52. The molecule has 0 radical (unpaired) electrons. The molecule has 3 rings (SSSR count). The van der Waals surface area contributed by atoms with Crippen molar-refractivity contribution in [2.75, 3.05) is 0 Å². The minimum Gasteiger partial charge on any atom is -0.464 e. The van der Waals surface area contributed by atoms with Gasteiger partial charge in [0, 0.05) is 11.1 Å². The van der Waals surface area contributed by atoms with Gasteiger partial charge in [0.25, 0.3) is 0 Å². The molecule has 0 N–H and O–H groups in total. The second-order valence-corrected chi connectivity index (χ2v) is 3.98. The van der Waals surface area contributed by atoms with E-state index in [1.54, 1.807) is 12.5 Å². The third kappa shape index (κ3) is 1.78. The van der Waals surface area contributed by atoms with Crippen LogP contribution in [0.2, 0.25) is 0 Å². The van der Waals surface area contributed by atoms with Crippen LogP contribution in [0.3, 0.4) is 0 Å². The van der Waals surface area contributed by atoms with Gasteiger partial charge in [-0.05, 0) is 42.8 Å². The van der Waals surface area contributed by atoms with E-state index in [1.807, 2.05) is 30.3 Å². The first-order valence-corrected chi connectivity index (χ1v) is 5.53. The second-order valence-electron chi connectivity index (χ2n) is 3.98. The van der Waals surface area contributed by atoms with Gasteiger partial charge in [0.05, 0.1) is 12.5 Å². The summed E-state index contributed by atoms with van der Waals surface area (Å²) in [5.41, 5.74) is 3.38. The van der Waals surface area contributed by atoms with Crippen LogP contribution >= 0.6 is 0 Å². The zero-order valence-electron chi connectivity index (χ0n) is 9.51. The zero-order chi connectivity index (χ0) is 11.7. The first-order valence-electron chi connectivity index (χ1n) is 5.53. The summed E-state index contributed by atoms with van der Waals surface area (Å²) in [6.07, 6.45) is 3.38. The second kappa shape index (κ2) is 3.98. The SMILES string of the molecule is Cc1cc(-c2ccco2)ccc1-c1ccco1. The molecular formula is C15H12O2. The molecule has 0 unspecified atom stereocenters. The van der Waals surface area contributed by atoms with E-state index in [1.165, 1.54) is 5.56 Å². The maximum atomic E-state index is 5.41. The Kier molecular flexibility index (Phi) is 2.33. The molecule has 1 aromatic carbocycles. The highest BCUT2D eigenvalue weighted by molar-refractivity contribution is 5.68. The molecule has 0 spiro atoms. The Morgan fingerprint density at radius 3 is 2.12 bits per heavy atom. The summed E-state index contributed by atoms with van der Waals surface area (Å²) in [5.74, 6) is 1.78. The number of benzene rings is 1. The van der Waals surface area contributed by atoms with Crippen molar-refractivity contribution >= 4 is 0 Å². The number of aryl methyl sites for hydroxylation is 1. The van der Waals surface area contributed by atoms with Crippen molar-refractivity contribution in [3.63, 3.8) is 0 Å². The van der Waals surface area contributed by atoms with Crippen molar-refractivity contribution in [2.45, 2.75) is 6.92 Å². The summed E-state index contributed by atoms with van der Waals surface area (Å²) < 4.78 is 10.8. The van der Waals surface area contributed by atoms with Gasteiger partial charge in [0.2, 0.25) is 0 Å². The van der Waals surface area contributed by atoms with E-state index in [-0.39, 0.29) is 0 Å². The molecule has 0 amide bonds. The summed E-state index contributed by atoms with van der Waals surface area (Å²) in [6.45, 7) is 2.07. The molecule has 2 nitrogen and oxygen atoms in total. The Morgan fingerprint density at radius 1 is 0.824 bits per heavy atom. The molecule has 0 saturated heterocycles. The Bertz CT molecular complexity index is 604. The molecule has 3 aromatic rings. The van der Waals surface area contributed by atoms with Crippen LogP contribution in [-0.2, 0) is 0 Å². The van der Waals surface area contributed by atoms with Crippen molar-refractivity contribution in [2.24, 2.45) is 0 Å². The normalized spacial score (nSPS) is 10.6. The first kappa shape index (κ1) is 9.97. The van der Waals surface area contributed by atoms with E-state index < -0.39 is 0 Å². The van der Waals surface area contributed by atoms with Crippen LogP contribution in [0, 0.1) is 6.92 Å². The highest BCUT2D eigenvalue weighted by atomic mass is 16.3. The first-order chi connectivity index (χ1) is 8.34. The van der Waals surface area contributed by atoms with Crippen LogP contribution in [0.4, 0.5) is 0 Å². The Balaban J connectivity index is 2.06. The topological polar surface area (TPSA) is 26.3 Å². The predicted molar refractivity (Wildman–Crippen MR) is 66.6 cm³/mol. The number of rotatable bonds is 2. The molecule has 84 valence electrons. The van der Waals surface area contributed by atoms with E-state index in [2.05, 4.69) is 19.1 Å². The van der Waals surface area contributed by atoms with Crippen LogP contribution < -0.4 is 0 Å². The number of hydrogen-bond donors (Lipinski definition) is 0. The van der Waals surface area contributed by atoms with Crippen LogP contribution in [0.25, 0.3) is 22.6 Å². The van der Waals surface area contributed by atoms with Gasteiger partial charge in [-0.1, -0.05) is 12.1 Å². The molecule has 2 aromatic heterocycles. The fraction of sp³-hybridized carbons (Fsp3) is 0.0667. The van der Waals surface area contributed by atoms with Gasteiger partial charge in [-0.15, -0.1) is 0 Å². The zero-order valence-corrected chi connectivity index (χ0v) is 9.51. The smallest absolute Gasteiger partial charge is 0.134 e. The van der Waals surface area contributed by atoms with Gasteiger partial charge in [0.1, 0.15) is 11.5 Å². The molecule has 0 aliphatic heterocycles. The minimum absolute atomic E-state index is 0.888. The molecule has 17 heavy (non-hydrogen) atoms. The van der Waals surface area contributed by atoms with Gasteiger partial charge in [0.15, 0.2) is 0 Å². The molecule has 0 atom stereocenters. The van der Waals surface area contributed by atoms with Gasteiger partial charge < -0.3 is 8.83 Å². The summed E-state index contributed by atoms with van der Waals surface area (Å²) >= 11 is 0. The lowest BCUT2D eigenvalue weighted by Crippen LogP contribution is -1.83. The number of furan rings is 2. The molecular weight excluding hydrogens is 212 g/mol. The molecule has 0 fully saturated rings. The van der Waals surface area contributed by atoms with Crippen LogP contribution in [0.15, 0.2) is 63.8 Å². The van der Waals surface area contributed by atoms with E-state index in [9.17, 15) is 0 Å². The maximum absolute atomic E-state index is 5.41. The van der Waals surface area contributed by atoms with E-state index in [0.29, 0.717) is 0 Å². The Morgan fingerprint density at radius 2 is 1.53 bits per heavy atom. The van der Waals surface area contributed by atoms with Crippen molar-refractivity contribution in [1.29, 1.82) is 0 Å². The van der Waals surface area contributed by atoms with Crippen molar-refractivity contribution < 1.29 is 8.83 Å². The summed E-state index contributed by atoms with van der Waals surface area (Å²) in [6, 6.07) is 13.9. The van der Waals surface area contributed by atoms with Crippen molar-refractivity contribution in [3.05, 3.63) is 60.6 Å². The summed E-state index contributed by atoms with van der Waals surface area (Å²) in [5, 5.41) is 0. The monoisotopic (exact) mass is 224 g/mol. The molecule has 0 aliphatic rings. The minimum atomic E-state index is 0.888. The van der Waals surface area contributed by atoms with Crippen LogP contribution in [-0.4, -0.2) is 0 Å². The Hall–Kier alpha value is -2.22. The van der Waals surface area contributed by atoms with Crippen molar-refractivity contribution in [1.82, 2.24) is 0 Å². The largest absolute Gasteiger partial charge is 0.464 e. The summed E-state index contributed by atoms with van der Waals surface area (Å²) in [7, 11) is 0. The van der Waals surface area contributed by atoms with Crippen LogP contribution in [0.1, 0.15) is 5.56 Å². The average Bonchev–Trinajstić information content (AvgIpc) is 3.02. The van der Waals surface area contributed by atoms with Gasteiger partial charge in [-0.3, -0.25) is 0 Å². The Labute approximate surface area is 99.5 Å². The molecule has 2 heteroatoms. The van der Waals surface area contributed by atoms with E-state index in [4.69, 9.17) is 8.83 Å². The van der Waals surface area contributed by atoms with Gasteiger partial charge in [-0.2, -0.15) is 0 Å². The third-order valence-corrected chi connectivity index (χ3v) is 2.82. The summed E-state index contributed by atoms with van der Waals surface area (Å²) in [4.78, 5) is 0. The average molecular weight is 224 g/mol. The van der Waals surface area contributed by atoms with Crippen molar-refractivity contribution in [3.8, 4) is 22.6 Å². The van der Waals surface area contributed by atoms with Crippen LogP contribution in [0.5, 0.6) is 0 Å². The fourth-order valence-electron chi connectivity index (χ4n) is 1.97. The standard InChI is InChI=1S/C15H12O2/c1-11-10-12(14-4-2-8-16-14)6-7-13(11)15-5-3-9-17-15/h2-10H,1H3. The highest BCUT2D eigenvalue weighted by Crippen LogP contribution is 2.28. The molecule has 0 aliphatic carbocycles. The maximum Gasteiger partial charge on any atom is 0.134 e. The molecule has 0 bridgehead atoms. The highest BCUT2D eigenvalue weighted by Gasteiger charge is 2.07. The van der Waals surface area contributed by atoms with Gasteiger partial charge >= 0.3 is 0 Å². The number of hydrogen-bond acceptors (Lipinski definition) is 2. The molecule has 2 heterocycles. The lowest BCUT2D eigenvalue weighted by atomic mass is 10.0. The fourth-order valence-corrected chi connectivity index (χ4v) is 1.97. The lowest BCUT2D eigenvalue weighted by Gasteiger charge is -2.04. The van der Waals surface area contributed by atoms with E-state index >= 15 is 0 Å².